The summed E-state index contributed by atoms with van der Waals surface area (Å²) in [5.41, 5.74) is 0. The van der Waals surface area contributed by atoms with Crippen LogP contribution < -0.4 is 10.6 Å². The van der Waals surface area contributed by atoms with E-state index in [9.17, 15) is 0 Å². The number of nitrogens with one attached hydrogen (secondary N) is 2. The Morgan fingerprint density at radius 1 is 1.29 bits per heavy atom. The zero-order valence-electron chi connectivity index (χ0n) is 13.4. The van der Waals surface area contributed by atoms with Crippen LogP contribution in [0, 0.1) is 0 Å². The highest BCUT2D eigenvalue weighted by Gasteiger charge is 2.01. The number of unbranched alkanes of at least 4 members (excludes halogenated alkanes) is 1. The van der Waals surface area contributed by atoms with Crippen molar-refractivity contribution in [3.8, 4) is 0 Å². The molecule has 0 saturated carbocycles. The molecule has 0 atom stereocenters. The Hall–Kier alpha value is -1.63. The summed E-state index contributed by atoms with van der Waals surface area (Å²) in [5, 5.41) is 10.5. The van der Waals surface area contributed by atoms with Crippen molar-refractivity contribution < 1.29 is 4.74 Å². The van der Waals surface area contributed by atoms with Crippen molar-refractivity contribution in [1.82, 2.24) is 25.4 Å². The van der Waals surface area contributed by atoms with Gasteiger partial charge >= 0.3 is 0 Å². The number of guanidine groups is 1. The number of aromatic nitrogens is 3. The minimum absolute atomic E-state index is 0.513. The molecule has 7 heteroatoms. The molecule has 0 bridgehead atoms. The van der Waals surface area contributed by atoms with Gasteiger partial charge in [-0.1, -0.05) is 13.3 Å². The third-order valence-corrected chi connectivity index (χ3v) is 2.93. The van der Waals surface area contributed by atoms with Crippen molar-refractivity contribution in [2.24, 2.45) is 12.0 Å². The molecule has 1 rings (SSSR count). The first kappa shape index (κ1) is 17.4. The Balaban J connectivity index is 2.24. The summed E-state index contributed by atoms with van der Waals surface area (Å²) in [4.78, 5) is 8.65. The van der Waals surface area contributed by atoms with E-state index in [1.807, 2.05) is 14.0 Å². The van der Waals surface area contributed by atoms with Crippen molar-refractivity contribution >= 4 is 5.96 Å². The highest BCUT2D eigenvalue weighted by atomic mass is 16.5. The van der Waals surface area contributed by atoms with Crippen LogP contribution in [0.1, 0.15) is 38.9 Å². The predicted molar refractivity (Wildman–Crippen MR) is 84.2 cm³/mol. The van der Waals surface area contributed by atoms with Gasteiger partial charge in [-0.25, -0.2) is 9.98 Å². The van der Waals surface area contributed by atoms with Crippen LogP contribution in [0.3, 0.4) is 0 Å². The highest BCUT2D eigenvalue weighted by molar-refractivity contribution is 5.79. The first-order valence-corrected chi connectivity index (χ1v) is 7.70. The fourth-order valence-electron chi connectivity index (χ4n) is 1.68. The van der Waals surface area contributed by atoms with Crippen LogP contribution in [0.2, 0.25) is 0 Å². The molecule has 21 heavy (non-hydrogen) atoms. The number of aliphatic imine (C=N–C) groups is 1. The van der Waals surface area contributed by atoms with Crippen LogP contribution in [-0.2, 0) is 18.3 Å². The molecule has 0 fully saturated rings. The molecular formula is C14H28N6O. The molecule has 0 radical (unpaired) electrons. The van der Waals surface area contributed by atoms with E-state index in [0.717, 1.165) is 50.9 Å². The molecule has 0 amide bonds. The van der Waals surface area contributed by atoms with Gasteiger partial charge in [-0.2, -0.15) is 5.10 Å². The lowest BCUT2D eigenvalue weighted by molar-refractivity contribution is 0.129. The normalized spacial score (nSPS) is 11.7. The zero-order chi connectivity index (χ0) is 15.3. The molecule has 0 aromatic carbocycles. The monoisotopic (exact) mass is 296 g/mol. The summed E-state index contributed by atoms with van der Waals surface area (Å²) in [6.07, 6.45) is 4.82. The molecular weight excluding hydrogens is 268 g/mol. The molecule has 1 aromatic rings. The lowest BCUT2D eigenvalue weighted by Gasteiger charge is -2.11. The van der Waals surface area contributed by atoms with E-state index in [-0.39, 0.29) is 0 Å². The molecule has 0 saturated heterocycles. The number of hydrogen-bond donors (Lipinski definition) is 2. The van der Waals surface area contributed by atoms with E-state index in [1.165, 1.54) is 6.42 Å². The van der Waals surface area contributed by atoms with E-state index in [2.05, 4.69) is 32.6 Å². The Labute approximate surface area is 127 Å². The fraction of sp³-hybridized carbons (Fsp3) is 0.786. The summed E-state index contributed by atoms with van der Waals surface area (Å²) >= 11 is 0. The van der Waals surface area contributed by atoms with Gasteiger partial charge in [-0.05, 0) is 19.8 Å². The first-order valence-electron chi connectivity index (χ1n) is 7.70. The number of aryl methyl sites for hydroxylation is 1. The summed E-state index contributed by atoms with van der Waals surface area (Å²) < 4.78 is 7.26. The molecule has 0 aliphatic carbocycles. The van der Waals surface area contributed by atoms with Crippen LogP contribution in [-0.4, -0.2) is 47.0 Å². The van der Waals surface area contributed by atoms with Gasteiger partial charge in [-0.3, -0.25) is 4.68 Å². The zero-order valence-corrected chi connectivity index (χ0v) is 13.4. The van der Waals surface area contributed by atoms with Crippen LogP contribution in [0.15, 0.2) is 11.3 Å². The second-order valence-corrected chi connectivity index (χ2v) is 4.74. The molecule has 0 aliphatic heterocycles. The van der Waals surface area contributed by atoms with Crippen molar-refractivity contribution in [2.45, 2.75) is 39.7 Å². The smallest absolute Gasteiger partial charge is 0.191 e. The Morgan fingerprint density at radius 2 is 2.10 bits per heavy atom. The molecule has 7 nitrogen and oxygen atoms in total. The van der Waals surface area contributed by atoms with Crippen LogP contribution in [0.5, 0.6) is 0 Å². The van der Waals surface area contributed by atoms with Gasteiger partial charge in [0.05, 0.1) is 0 Å². The first-order chi connectivity index (χ1) is 10.3. The second kappa shape index (κ2) is 11.1. The Bertz CT molecular complexity index is 404. The van der Waals surface area contributed by atoms with E-state index in [0.29, 0.717) is 6.54 Å². The molecule has 0 aliphatic rings. The lowest BCUT2D eigenvalue weighted by Crippen LogP contribution is -2.38. The van der Waals surface area contributed by atoms with Gasteiger partial charge in [0.25, 0.3) is 0 Å². The van der Waals surface area contributed by atoms with Gasteiger partial charge in [-0.15, -0.1) is 0 Å². The van der Waals surface area contributed by atoms with E-state index in [1.54, 1.807) is 11.0 Å². The third-order valence-electron chi connectivity index (χ3n) is 2.93. The maximum Gasteiger partial charge on any atom is 0.191 e. The van der Waals surface area contributed by atoms with Gasteiger partial charge < -0.3 is 15.4 Å². The van der Waals surface area contributed by atoms with Crippen LogP contribution >= 0.6 is 0 Å². The van der Waals surface area contributed by atoms with Crippen molar-refractivity contribution in [1.29, 1.82) is 0 Å². The molecule has 0 spiro atoms. The van der Waals surface area contributed by atoms with Crippen molar-refractivity contribution in [2.75, 3.05) is 26.3 Å². The van der Waals surface area contributed by atoms with E-state index in [4.69, 9.17) is 4.74 Å². The van der Waals surface area contributed by atoms with Crippen LogP contribution in [0.4, 0.5) is 0 Å². The summed E-state index contributed by atoms with van der Waals surface area (Å²) in [7, 11) is 1.87. The topological polar surface area (TPSA) is 76.4 Å². The maximum atomic E-state index is 5.53. The van der Waals surface area contributed by atoms with Crippen molar-refractivity contribution in [3.63, 3.8) is 0 Å². The number of rotatable bonds is 10. The summed E-state index contributed by atoms with van der Waals surface area (Å²) in [6.45, 7) is 8.05. The maximum absolute atomic E-state index is 5.53. The Morgan fingerprint density at radius 3 is 2.76 bits per heavy atom. The summed E-state index contributed by atoms with van der Waals surface area (Å²) in [6, 6.07) is 0. The largest absolute Gasteiger partial charge is 0.381 e. The molecule has 0 unspecified atom stereocenters. The van der Waals surface area contributed by atoms with Crippen LogP contribution in [0.25, 0.3) is 0 Å². The lowest BCUT2D eigenvalue weighted by atomic mass is 10.4. The minimum Gasteiger partial charge on any atom is -0.381 e. The highest BCUT2D eigenvalue weighted by Crippen LogP contribution is 1.93. The van der Waals surface area contributed by atoms with Crippen molar-refractivity contribution in [3.05, 3.63) is 12.2 Å². The second-order valence-electron chi connectivity index (χ2n) is 4.74. The average molecular weight is 296 g/mol. The number of ether oxygens (including phenoxy) is 1. The molecule has 1 heterocycles. The van der Waals surface area contributed by atoms with Gasteiger partial charge in [0, 0.05) is 33.4 Å². The SMILES string of the molecule is CCCCOCCCNC(=NCc1ncnn1C)NCC. The Kier molecular flexibility index (Phi) is 9.19. The molecule has 2 N–H and O–H groups in total. The van der Waals surface area contributed by atoms with E-state index >= 15 is 0 Å². The van der Waals surface area contributed by atoms with Gasteiger partial charge in [0.15, 0.2) is 5.96 Å². The quantitative estimate of drug-likeness (QED) is 0.384. The predicted octanol–water partition coefficient (Wildman–Crippen LogP) is 1.08. The average Bonchev–Trinajstić information content (AvgIpc) is 2.89. The fourth-order valence-corrected chi connectivity index (χ4v) is 1.68. The summed E-state index contributed by atoms with van der Waals surface area (Å²) in [5.74, 6) is 1.64. The molecule has 1 aromatic heterocycles. The van der Waals surface area contributed by atoms with E-state index < -0.39 is 0 Å². The third kappa shape index (κ3) is 7.65. The van der Waals surface area contributed by atoms with Gasteiger partial charge in [0.2, 0.25) is 0 Å². The standard InChI is InChI=1S/C14H28N6O/c1-4-6-9-21-10-7-8-16-14(15-5-2)17-11-13-18-12-19-20(13)3/h12H,4-11H2,1-3H3,(H2,15,16,17). The minimum atomic E-state index is 0.513. The number of hydrogen-bond acceptors (Lipinski definition) is 4. The van der Waals surface area contributed by atoms with Gasteiger partial charge in [0.1, 0.15) is 18.7 Å². The number of nitrogens with zero attached hydrogens (tertiary/aromatic N) is 4. The molecule has 120 valence electrons.